The number of carbonyl (C=O) groups excluding carboxylic acids is 1. The second-order valence-electron chi connectivity index (χ2n) is 6.00. The maximum absolute atomic E-state index is 11.8. The molecule has 0 saturated carbocycles. The number of rotatable bonds is 7. The third-order valence-electron chi connectivity index (χ3n) is 3.72. The standard InChI is InChI=1S/C19H24N2O2/c1-19(23,13-12-16-8-4-2-5-9-16)15-21-18(22)20-14-17-10-6-3-7-11-17/h2-11,23H,12-15H2,1H3,(H2,20,21,22). The van der Waals surface area contributed by atoms with E-state index in [1.807, 2.05) is 60.7 Å². The van der Waals surface area contributed by atoms with Crippen LogP contribution >= 0.6 is 0 Å². The summed E-state index contributed by atoms with van der Waals surface area (Å²) in [6, 6.07) is 19.5. The lowest BCUT2D eigenvalue weighted by molar-refractivity contribution is 0.0534. The molecule has 0 radical (unpaired) electrons. The summed E-state index contributed by atoms with van der Waals surface area (Å²) in [6.07, 6.45) is 1.37. The van der Waals surface area contributed by atoms with E-state index in [9.17, 15) is 9.90 Å². The average molecular weight is 312 g/mol. The van der Waals surface area contributed by atoms with Crippen LogP contribution in [0.4, 0.5) is 4.79 Å². The van der Waals surface area contributed by atoms with Crippen molar-refractivity contribution in [2.75, 3.05) is 6.54 Å². The fraction of sp³-hybridized carbons (Fsp3) is 0.316. The van der Waals surface area contributed by atoms with E-state index in [2.05, 4.69) is 10.6 Å². The van der Waals surface area contributed by atoms with Crippen molar-refractivity contribution >= 4 is 6.03 Å². The number of benzene rings is 2. The van der Waals surface area contributed by atoms with Crippen molar-refractivity contribution in [3.8, 4) is 0 Å². The van der Waals surface area contributed by atoms with E-state index in [1.165, 1.54) is 5.56 Å². The van der Waals surface area contributed by atoms with Crippen molar-refractivity contribution in [1.82, 2.24) is 10.6 Å². The normalized spacial score (nSPS) is 13.1. The van der Waals surface area contributed by atoms with E-state index in [0.717, 1.165) is 12.0 Å². The Bertz CT molecular complexity index is 597. The summed E-state index contributed by atoms with van der Waals surface area (Å²) in [6.45, 7) is 2.44. The van der Waals surface area contributed by atoms with Crippen LogP contribution < -0.4 is 10.6 Å². The van der Waals surface area contributed by atoms with Crippen molar-refractivity contribution in [1.29, 1.82) is 0 Å². The molecule has 122 valence electrons. The maximum atomic E-state index is 11.8. The van der Waals surface area contributed by atoms with Gasteiger partial charge in [0.2, 0.25) is 0 Å². The molecule has 0 aliphatic heterocycles. The van der Waals surface area contributed by atoms with Gasteiger partial charge in [0.25, 0.3) is 0 Å². The minimum Gasteiger partial charge on any atom is -0.388 e. The molecule has 1 unspecified atom stereocenters. The van der Waals surface area contributed by atoms with Crippen LogP contribution in [0.5, 0.6) is 0 Å². The van der Waals surface area contributed by atoms with Crippen LogP contribution in [0.3, 0.4) is 0 Å². The Labute approximate surface area is 137 Å². The highest BCUT2D eigenvalue weighted by atomic mass is 16.3. The number of aliphatic hydroxyl groups is 1. The summed E-state index contributed by atoms with van der Waals surface area (Å²) in [5.41, 5.74) is 1.29. The molecule has 2 amide bonds. The molecule has 0 fully saturated rings. The molecule has 0 aromatic heterocycles. The maximum Gasteiger partial charge on any atom is 0.315 e. The van der Waals surface area contributed by atoms with Crippen molar-refractivity contribution in [3.63, 3.8) is 0 Å². The van der Waals surface area contributed by atoms with Crippen molar-refractivity contribution in [3.05, 3.63) is 71.8 Å². The first kappa shape index (κ1) is 17.0. The molecular weight excluding hydrogens is 288 g/mol. The van der Waals surface area contributed by atoms with Gasteiger partial charge in [0, 0.05) is 13.1 Å². The van der Waals surface area contributed by atoms with Gasteiger partial charge in [-0.2, -0.15) is 0 Å². The number of hydrogen-bond donors (Lipinski definition) is 3. The van der Waals surface area contributed by atoms with Gasteiger partial charge in [-0.15, -0.1) is 0 Å². The van der Waals surface area contributed by atoms with Gasteiger partial charge in [0.1, 0.15) is 0 Å². The summed E-state index contributed by atoms with van der Waals surface area (Å²) in [7, 11) is 0. The number of aryl methyl sites for hydroxylation is 1. The van der Waals surface area contributed by atoms with Crippen LogP contribution in [0.25, 0.3) is 0 Å². The zero-order valence-corrected chi connectivity index (χ0v) is 13.5. The highest BCUT2D eigenvalue weighted by Crippen LogP contribution is 2.13. The molecule has 0 bridgehead atoms. The molecule has 0 aliphatic carbocycles. The van der Waals surface area contributed by atoms with Gasteiger partial charge in [-0.25, -0.2) is 4.79 Å². The molecule has 0 saturated heterocycles. The fourth-order valence-electron chi connectivity index (χ4n) is 2.26. The van der Waals surface area contributed by atoms with Crippen molar-refractivity contribution in [2.45, 2.75) is 31.9 Å². The number of urea groups is 1. The molecule has 3 N–H and O–H groups in total. The highest BCUT2D eigenvalue weighted by Gasteiger charge is 2.20. The largest absolute Gasteiger partial charge is 0.388 e. The summed E-state index contributed by atoms with van der Waals surface area (Å²) < 4.78 is 0. The molecule has 4 heteroatoms. The average Bonchev–Trinajstić information content (AvgIpc) is 2.58. The third kappa shape index (κ3) is 6.53. The van der Waals surface area contributed by atoms with Crippen LogP contribution in [0.2, 0.25) is 0 Å². The van der Waals surface area contributed by atoms with E-state index in [4.69, 9.17) is 0 Å². The van der Waals surface area contributed by atoms with E-state index in [1.54, 1.807) is 6.92 Å². The van der Waals surface area contributed by atoms with E-state index in [0.29, 0.717) is 13.0 Å². The predicted molar refractivity (Wildman–Crippen MR) is 92.1 cm³/mol. The summed E-state index contributed by atoms with van der Waals surface area (Å²) in [5, 5.41) is 15.9. The lowest BCUT2D eigenvalue weighted by Crippen LogP contribution is -2.44. The molecule has 1 atom stereocenters. The van der Waals surface area contributed by atoms with Crippen LogP contribution in [0, 0.1) is 0 Å². The molecule has 4 nitrogen and oxygen atoms in total. The Balaban J connectivity index is 1.69. The zero-order valence-electron chi connectivity index (χ0n) is 13.5. The van der Waals surface area contributed by atoms with Crippen LogP contribution in [-0.2, 0) is 13.0 Å². The number of nitrogens with one attached hydrogen (secondary N) is 2. The van der Waals surface area contributed by atoms with Gasteiger partial charge < -0.3 is 15.7 Å². The molecule has 2 aromatic rings. The van der Waals surface area contributed by atoms with Crippen molar-refractivity contribution in [2.24, 2.45) is 0 Å². The summed E-state index contributed by atoms with van der Waals surface area (Å²) in [4.78, 5) is 11.8. The van der Waals surface area contributed by atoms with Crippen LogP contribution in [0.1, 0.15) is 24.5 Å². The minimum atomic E-state index is -0.931. The van der Waals surface area contributed by atoms with Crippen LogP contribution in [-0.4, -0.2) is 23.3 Å². The second kappa shape index (κ2) is 8.34. The first-order chi connectivity index (χ1) is 11.1. The van der Waals surface area contributed by atoms with Gasteiger partial charge >= 0.3 is 6.03 Å². The first-order valence-electron chi connectivity index (χ1n) is 7.87. The topological polar surface area (TPSA) is 61.4 Å². The lowest BCUT2D eigenvalue weighted by atomic mass is 9.97. The fourth-order valence-corrected chi connectivity index (χ4v) is 2.26. The predicted octanol–water partition coefficient (Wildman–Crippen LogP) is 2.87. The van der Waals surface area contributed by atoms with E-state index >= 15 is 0 Å². The van der Waals surface area contributed by atoms with Gasteiger partial charge in [0.15, 0.2) is 0 Å². The zero-order chi connectivity index (χ0) is 16.5. The number of amides is 2. The Morgan fingerprint density at radius 1 is 0.957 bits per heavy atom. The first-order valence-corrected chi connectivity index (χ1v) is 7.87. The van der Waals surface area contributed by atoms with Gasteiger partial charge in [-0.05, 0) is 30.9 Å². The Morgan fingerprint density at radius 2 is 1.52 bits per heavy atom. The molecule has 2 aromatic carbocycles. The molecular formula is C19H24N2O2. The second-order valence-corrected chi connectivity index (χ2v) is 6.00. The molecule has 0 heterocycles. The van der Waals surface area contributed by atoms with E-state index in [-0.39, 0.29) is 12.6 Å². The number of carbonyl (C=O) groups is 1. The lowest BCUT2D eigenvalue weighted by Gasteiger charge is -2.23. The SMILES string of the molecule is CC(O)(CCc1ccccc1)CNC(=O)NCc1ccccc1. The minimum absolute atomic E-state index is 0.223. The smallest absolute Gasteiger partial charge is 0.315 e. The number of hydrogen-bond acceptors (Lipinski definition) is 2. The molecule has 0 aliphatic rings. The molecule has 23 heavy (non-hydrogen) atoms. The van der Waals surface area contributed by atoms with Crippen LogP contribution in [0.15, 0.2) is 60.7 Å². The molecule has 0 spiro atoms. The summed E-state index contributed by atoms with van der Waals surface area (Å²) in [5.74, 6) is 0. The molecule has 2 rings (SSSR count). The Kier molecular flexibility index (Phi) is 6.18. The van der Waals surface area contributed by atoms with Crippen molar-refractivity contribution < 1.29 is 9.90 Å². The van der Waals surface area contributed by atoms with E-state index < -0.39 is 5.60 Å². The third-order valence-corrected chi connectivity index (χ3v) is 3.72. The van der Waals surface area contributed by atoms with Gasteiger partial charge in [-0.1, -0.05) is 60.7 Å². The monoisotopic (exact) mass is 312 g/mol. The highest BCUT2D eigenvalue weighted by molar-refractivity contribution is 5.73. The Morgan fingerprint density at radius 3 is 2.13 bits per heavy atom. The Hall–Kier alpha value is -2.33. The van der Waals surface area contributed by atoms with Gasteiger partial charge in [0.05, 0.1) is 5.60 Å². The quantitative estimate of drug-likeness (QED) is 0.736. The summed E-state index contributed by atoms with van der Waals surface area (Å²) >= 11 is 0. The van der Waals surface area contributed by atoms with Gasteiger partial charge in [-0.3, -0.25) is 0 Å².